The van der Waals surface area contributed by atoms with Gasteiger partial charge in [-0.15, -0.1) is 0 Å². The van der Waals surface area contributed by atoms with Crippen molar-refractivity contribution in [2.24, 2.45) is 0 Å². The van der Waals surface area contributed by atoms with Crippen LogP contribution in [-0.2, 0) is 11.2 Å². The van der Waals surface area contributed by atoms with Crippen molar-refractivity contribution in [2.75, 3.05) is 62.6 Å². The van der Waals surface area contributed by atoms with Crippen LogP contribution in [0, 0.1) is 6.92 Å². The van der Waals surface area contributed by atoms with Crippen LogP contribution < -0.4 is 25.0 Å². The molecule has 4 aromatic rings. The third-order valence-electron chi connectivity index (χ3n) is 6.10. The number of benzene rings is 2. The van der Waals surface area contributed by atoms with Gasteiger partial charge in [0, 0.05) is 25.3 Å². The van der Waals surface area contributed by atoms with Crippen LogP contribution in [0.15, 0.2) is 42.5 Å². The lowest BCUT2D eigenvalue weighted by molar-refractivity contribution is 0.122. The molecular formula is C26H31N7O3. The number of aromatic nitrogens is 4. The number of morpholine rings is 1. The van der Waals surface area contributed by atoms with Crippen molar-refractivity contribution >= 4 is 34.6 Å². The van der Waals surface area contributed by atoms with E-state index in [0.29, 0.717) is 48.8 Å². The fraction of sp³-hybridized carbons (Fsp3) is 0.346. The largest absolute Gasteiger partial charge is 0.493 e. The number of fused-ring (bicyclic) bond motifs is 1. The Morgan fingerprint density at radius 2 is 1.75 bits per heavy atom. The maximum Gasteiger partial charge on any atom is 0.226 e. The predicted octanol–water partition coefficient (Wildman–Crippen LogP) is 3.91. The molecule has 1 fully saturated rings. The molecule has 0 radical (unpaired) electrons. The lowest BCUT2D eigenvalue weighted by Crippen LogP contribution is -2.37. The zero-order valence-electron chi connectivity index (χ0n) is 20.8. The summed E-state index contributed by atoms with van der Waals surface area (Å²) in [6.07, 6.45) is 0.773. The first kappa shape index (κ1) is 23.7. The number of H-pyrrole nitrogens is 1. The molecule has 10 nitrogen and oxygen atoms in total. The maximum atomic E-state index is 5.55. The molecule has 0 unspecified atom stereocenters. The summed E-state index contributed by atoms with van der Waals surface area (Å²) in [6, 6.07) is 14.1. The normalized spacial score (nSPS) is 13.6. The molecule has 0 spiro atoms. The van der Waals surface area contributed by atoms with Gasteiger partial charge in [0.05, 0.1) is 27.4 Å². The van der Waals surface area contributed by atoms with Crippen LogP contribution in [-0.4, -0.2) is 67.0 Å². The number of hydrogen-bond acceptors (Lipinski definition) is 9. The second-order valence-corrected chi connectivity index (χ2v) is 8.61. The van der Waals surface area contributed by atoms with Gasteiger partial charge in [0.15, 0.2) is 23.0 Å². The molecule has 3 N–H and O–H groups in total. The third kappa shape index (κ3) is 5.28. The summed E-state index contributed by atoms with van der Waals surface area (Å²) >= 11 is 0. The van der Waals surface area contributed by atoms with Crippen molar-refractivity contribution in [3.05, 3.63) is 53.6 Å². The van der Waals surface area contributed by atoms with Gasteiger partial charge in [-0.3, -0.25) is 0 Å². The van der Waals surface area contributed by atoms with E-state index in [0.717, 1.165) is 42.1 Å². The van der Waals surface area contributed by atoms with Gasteiger partial charge in [0.2, 0.25) is 11.9 Å². The van der Waals surface area contributed by atoms with E-state index in [4.69, 9.17) is 29.2 Å². The van der Waals surface area contributed by atoms with Crippen molar-refractivity contribution in [3.8, 4) is 11.5 Å². The highest BCUT2D eigenvalue weighted by atomic mass is 16.5. The Morgan fingerprint density at radius 1 is 0.972 bits per heavy atom. The smallest absolute Gasteiger partial charge is 0.226 e. The molecule has 36 heavy (non-hydrogen) atoms. The first-order valence-electron chi connectivity index (χ1n) is 12.0. The zero-order valence-corrected chi connectivity index (χ0v) is 20.8. The second-order valence-electron chi connectivity index (χ2n) is 8.61. The van der Waals surface area contributed by atoms with Gasteiger partial charge >= 0.3 is 0 Å². The lowest BCUT2D eigenvalue weighted by atomic mass is 10.1. The average Bonchev–Trinajstić information content (AvgIpc) is 3.32. The molecule has 188 valence electrons. The highest BCUT2D eigenvalue weighted by Gasteiger charge is 2.20. The van der Waals surface area contributed by atoms with Gasteiger partial charge in [-0.2, -0.15) is 15.0 Å². The molecule has 10 heteroatoms. The van der Waals surface area contributed by atoms with Crippen LogP contribution in [0.3, 0.4) is 0 Å². The van der Waals surface area contributed by atoms with Gasteiger partial charge < -0.3 is 34.7 Å². The number of nitrogens with zero attached hydrogens (tertiary/aromatic N) is 4. The molecule has 5 rings (SSSR count). The fourth-order valence-electron chi connectivity index (χ4n) is 4.15. The van der Waals surface area contributed by atoms with Crippen LogP contribution in [0.2, 0.25) is 0 Å². The van der Waals surface area contributed by atoms with Crippen molar-refractivity contribution in [3.63, 3.8) is 0 Å². The van der Waals surface area contributed by atoms with E-state index >= 15 is 0 Å². The Labute approximate surface area is 210 Å². The highest BCUT2D eigenvalue weighted by molar-refractivity contribution is 5.87. The number of methoxy groups -OCH3 is 2. The van der Waals surface area contributed by atoms with Crippen LogP contribution in [0.25, 0.3) is 11.2 Å². The minimum atomic E-state index is 0.540. The molecule has 0 atom stereocenters. The summed E-state index contributed by atoms with van der Waals surface area (Å²) in [4.78, 5) is 19.8. The number of anilines is 4. The summed E-state index contributed by atoms with van der Waals surface area (Å²) in [5, 5.41) is 6.70. The Bertz CT molecular complexity index is 1320. The van der Waals surface area contributed by atoms with E-state index < -0.39 is 0 Å². The summed E-state index contributed by atoms with van der Waals surface area (Å²) in [5.74, 6) is 3.42. The molecule has 1 aliphatic rings. The first-order valence-corrected chi connectivity index (χ1v) is 12.0. The molecule has 3 heterocycles. The standard InChI is InChI=1S/C26H31N7O3/c1-17-4-7-19(8-5-17)28-26-29-22-23(31-26)30-25(32-24(22)33-12-14-36-15-13-33)27-11-10-18-6-9-20(34-2)21(16-18)35-3/h4-9,16H,10-15H2,1-3H3,(H3,27,28,29,30,31,32). The van der Waals surface area contributed by atoms with Gasteiger partial charge in [-0.05, 0) is 43.2 Å². The highest BCUT2D eigenvalue weighted by Crippen LogP contribution is 2.29. The van der Waals surface area contributed by atoms with Crippen LogP contribution in [0.5, 0.6) is 11.5 Å². The monoisotopic (exact) mass is 489 g/mol. The summed E-state index contributed by atoms with van der Waals surface area (Å²) in [6.45, 7) is 5.57. The van der Waals surface area contributed by atoms with Crippen LogP contribution in [0.4, 0.5) is 23.4 Å². The minimum Gasteiger partial charge on any atom is -0.493 e. The molecule has 0 amide bonds. The lowest BCUT2D eigenvalue weighted by Gasteiger charge is -2.28. The Kier molecular flexibility index (Phi) is 7.03. The van der Waals surface area contributed by atoms with Crippen molar-refractivity contribution in [1.29, 1.82) is 0 Å². The SMILES string of the molecule is COc1ccc(CCNc2nc(N3CCOCC3)c3[nH]c(Nc4ccc(C)cc4)nc3n2)cc1OC. The minimum absolute atomic E-state index is 0.540. The molecule has 0 bridgehead atoms. The number of imidazole rings is 1. The van der Waals surface area contributed by atoms with Gasteiger partial charge in [0.25, 0.3) is 0 Å². The molecular weight excluding hydrogens is 458 g/mol. The maximum absolute atomic E-state index is 5.55. The summed E-state index contributed by atoms with van der Waals surface area (Å²) in [7, 11) is 3.28. The van der Waals surface area contributed by atoms with Crippen molar-refractivity contribution in [2.45, 2.75) is 13.3 Å². The molecule has 2 aromatic carbocycles. The number of aryl methyl sites for hydroxylation is 1. The molecule has 1 aliphatic heterocycles. The second kappa shape index (κ2) is 10.7. The average molecular weight is 490 g/mol. The van der Waals surface area contributed by atoms with E-state index in [9.17, 15) is 0 Å². The van der Waals surface area contributed by atoms with E-state index in [1.165, 1.54) is 5.56 Å². The van der Waals surface area contributed by atoms with E-state index in [1.807, 2.05) is 30.3 Å². The Hall–Kier alpha value is -4.05. The summed E-state index contributed by atoms with van der Waals surface area (Å²) in [5.41, 5.74) is 4.69. The first-order chi connectivity index (χ1) is 17.6. The quantitative estimate of drug-likeness (QED) is 0.322. The predicted molar refractivity (Wildman–Crippen MR) is 141 cm³/mol. The van der Waals surface area contributed by atoms with Gasteiger partial charge in [0.1, 0.15) is 5.52 Å². The number of rotatable bonds is 9. The number of hydrogen-bond donors (Lipinski definition) is 3. The summed E-state index contributed by atoms with van der Waals surface area (Å²) < 4.78 is 16.3. The van der Waals surface area contributed by atoms with Gasteiger partial charge in [-0.25, -0.2) is 0 Å². The van der Waals surface area contributed by atoms with Gasteiger partial charge in [-0.1, -0.05) is 23.8 Å². The fourth-order valence-corrected chi connectivity index (χ4v) is 4.15. The topological polar surface area (TPSA) is 109 Å². The zero-order chi connectivity index (χ0) is 24.9. The molecule has 0 saturated carbocycles. The molecule has 1 saturated heterocycles. The number of ether oxygens (including phenoxy) is 3. The van der Waals surface area contributed by atoms with E-state index in [2.05, 4.69) is 39.6 Å². The number of nitrogens with one attached hydrogen (secondary N) is 3. The number of aromatic amines is 1. The Morgan fingerprint density at radius 3 is 2.50 bits per heavy atom. The van der Waals surface area contributed by atoms with E-state index in [1.54, 1.807) is 14.2 Å². The molecule has 0 aliphatic carbocycles. The van der Waals surface area contributed by atoms with E-state index in [-0.39, 0.29) is 0 Å². The third-order valence-corrected chi connectivity index (χ3v) is 6.10. The molecule has 2 aromatic heterocycles. The van der Waals surface area contributed by atoms with Crippen molar-refractivity contribution in [1.82, 2.24) is 19.9 Å². The van der Waals surface area contributed by atoms with Crippen LogP contribution >= 0.6 is 0 Å². The van der Waals surface area contributed by atoms with Crippen LogP contribution in [0.1, 0.15) is 11.1 Å². The Balaban J connectivity index is 1.37. The van der Waals surface area contributed by atoms with Crippen molar-refractivity contribution < 1.29 is 14.2 Å².